The minimum absolute atomic E-state index is 0.229. The fourth-order valence-electron chi connectivity index (χ4n) is 2.81. The van der Waals surface area contributed by atoms with E-state index < -0.39 is 11.4 Å². The van der Waals surface area contributed by atoms with Crippen LogP contribution in [0.5, 0.6) is 5.75 Å². The van der Waals surface area contributed by atoms with Gasteiger partial charge in [-0.25, -0.2) is 14.2 Å². The van der Waals surface area contributed by atoms with Crippen molar-refractivity contribution in [1.82, 2.24) is 9.88 Å². The Bertz CT molecular complexity index is 840. The standard InChI is InChI=1S/C19H23ClFN3O3S/c1-19(2,3)27-18(25)24-8-7-12(11-24)26-15-6-4-5-14(21)16(15)22-9-13-10-23-17(20)28-13/h4-6,10,12,22H,7-9,11H2,1-3H3. The molecular weight excluding hydrogens is 405 g/mol. The Morgan fingerprint density at radius 1 is 1.46 bits per heavy atom. The third-order valence-corrected chi connectivity index (χ3v) is 5.15. The van der Waals surface area contributed by atoms with E-state index in [9.17, 15) is 9.18 Å². The summed E-state index contributed by atoms with van der Waals surface area (Å²) in [6.45, 7) is 6.81. The lowest BCUT2D eigenvalue weighted by Gasteiger charge is -2.24. The molecule has 2 heterocycles. The summed E-state index contributed by atoms with van der Waals surface area (Å²) in [6, 6.07) is 4.68. The van der Waals surface area contributed by atoms with Gasteiger partial charge < -0.3 is 19.7 Å². The lowest BCUT2D eigenvalue weighted by atomic mass is 10.2. The molecule has 0 aliphatic carbocycles. The quantitative estimate of drug-likeness (QED) is 0.732. The summed E-state index contributed by atoms with van der Waals surface area (Å²) in [5.41, 5.74) is -0.266. The Kier molecular flexibility index (Phi) is 6.30. The molecule has 9 heteroatoms. The molecule has 1 unspecified atom stereocenters. The number of hydrogen-bond acceptors (Lipinski definition) is 6. The Hall–Kier alpha value is -2.06. The molecule has 1 N–H and O–H groups in total. The number of hydrogen-bond donors (Lipinski definition) is 1. The summed E-state index contributed by atoms with van der Waals surface area (Å²) in [5, 5.41) is 3.06. The summed E-state index contributed by atoms with van der Waals surface area (Å²) < 4.78 is 26.2. The molecular formula is C19H23ClFN3O3S. The predicted molar refractivity (Wildman–Crippen MR) is 108 cm³/mol. The van der Waals surface area contributed by atoms with Crippen molar-refractivity contribution in [2.24, 2.45) is 0 Å². The maximum Gasteiger partial charge on any atom is 0.410 e. The minimum Gasteiger partial charge on any atom is -0.486 e. The summed E-state index contributed by atoms with van der Waals surface area (Å²) in [7, 11) is 0. The van der Waals surface area contributed by atoms with Gasteiger partial charge in [0.05, 0.1) is 13.1 Å². The SMILES string of the molecule is CC(C)(C)OC(=O)N1CCC(Oc2cccc(F)c2NCc2cnc(Cl)s2)C1. The number of benzene rings is 1. The average molecular weight is 428 g/mol. The summed E-state index contributed by atoms with van der Waals surface area (Å²) in [6.07, 6.45) is 1.71. The van der Waals surface area contributed by atoms with Gasteiger partial charge in [-0.05, 0) is 32.9 Å². The summed E-state index contributed by atoms with van der Waals surface area (Å²) in [4.78, 5) is 18.7. The van der Waals surface area contributed by atoms with E-state index in [1.165, 1.54) is 17.4 Å². The number of amides is 1. The van der Waals surface area contributed by atoms with Crippen LogP contribution in [0.25, 0.3) is 0 Å². The van der Waals surface area contributed by atoms with E-state index in [4.69, 9.17) is 21.1 Å². The molecule has 1 fully saturated rings. The van der Waals surface area contributed by atoms with Crippen molar-refractivity contribution < 1.29 is 18.7 Å². The molecule has 0 saturated carbocycles. The van der Waals surface area contributed by atoms with Crippen LogP contribution in [0.2, 0.25) is 4.47 Å². The lowest BCUT2D eigenvalue weighted by Crippen LogP contribution is -2.36. The van der Waals surface area contributed by atoms with Gasteiger partial charge in [-0.15, -0.1) is 11.3 Å². The molecule has 1 saturated heterocycles. The first-order valence-electron chi connectivity index (χ1n) is 8.98. The van der Waals surface area contributed by atoms with E-state index in [1.54, 1.807) is 23.2 Å². The third-order valence-electron chi connectivity index (χ3n) is 4.03. The van der Waals surface area contributed by atoms with Crippen molar-refractivity contribution in [3.8, 4) is 5.75 Å². The molecule has 2 aromatic rings. The normalized spacial score (nSPS) is 16.9. The topological polar surface area (TPSA) is 63.7 Å². The Morgan fingerprint density at radius 3 is 2.93 bits per heavy atom. The number of carbonyl (C=O) groups is 1. The first kappa shape index (κ1) is 20.7. The highest BCUT2D eigenvalue weighted by Crippen LogP contribution is 2.31. The van der Waals surface area contributed by atoms with E-state index in [0.29, 0.717) is 36.3 Å². The van der Waals surface area contributed by atoms with Gasteiger partial charge in [0.25, 0.3) is 0 Å². The van der Waals surface area contributed by atoms with E-state index in [2.05, 4.69) is 10.3 Å². The van der Waals surface area contributed by atoms with Gasteiger partial charge in [-0.2, -0.15) is 0 Å². The summed E-state index contributed by atoms with van der Waals surface area (Å²) in [5.74, 6) is 0.00163. The fraction of sp³-hybridized carbons (Fsp3) is 0.474. The maximum atomic E-state index is 14.4. The predicted octanol–water partition coefficient (Wildman–Crippen LogP) is 4.94. The van der Waals surface area contributed by atoms with Crippen LogP contribution in [0.4, 0.5) is 14.9 Å². The van der Waals surface area contributed by atoms with Gasteiger partial charge in [0, 0.05) is 24.0 Å². The average Bonchev–Trinajstić information content (AvgIpc) is 3.22. The third kappa shape index (κ3) is 5.48. The highest BCUT2D eigenvalue weighted by molar-refractivity contribution is 7.15. The molecule has 1 amide bonds. The monoisotopic (exact) mass is 427 g/mol. The maximum absolute atomic E-state index is 14.4. The molecule has 1 aromatic carbocycles. The molecule has 3 rings (SSSR count). The number of para-hydroxylation sites is 1. The number of carbonyl (C=O) groups excluding carboxylic acids is 1. The zero-order chi connectivity index (χ0) is 20.3. The van der Waals surface area contributed by atoms with E-state index >= 15 is 0 Å². The number of rotatable bonds is 5. The lowest BCUT2D eigenvalue weighted by molar-refractivity contribution is 0.0276. The molecule has 0 bridgehead atoms. The number of halogens is 2. The van der Waals surface area contributed by atoms with Crippen LogP contribution in [0.3, 0.4) is 0 Å². The van der Waals surface area contributed by atoms with Crippen molar-refractivity contribution in [3.05, 3.63) is 39.6 Å². The van der Waals surface area contributed by atoms with Crippen LogP contribution in [0.15, 0.2) is 24.4 Å². The van der Waals surface area contributed by atoms with Crippen molar-refractivity contribution in [2.75, 3.05) is 18.4 Å². The first-order chi connectivity index (χ1) is 13.2. The molecule has 1 aliphatic rings. The number of aromatic nitrogens is 1. The highest BCUT2D eigenvalue weighted by Gasteiger charge is 2.31. The molecule has 152 valence electrons. The Morgan fingerprint density at radius 2 is 2.25 bits per heavy atom. The Labute approximate surface area is 172 Å². The van der Waals surface area contributed by atoms with Gasteiger partial charge in [0.2, 0.25) is 0 Å². The molecule has 1 aliphatic heterocycles. The van der Waals surface area contributed by atoms with Crippen LogP contribution in [-0.2, 0) is 11.3 Å². The number of thiazole rings is 1. The van der Waals surface area contributed by atoms with Crippen LogP contribution >= 0.6 is 22.9 Å². The zero-order valence-electron chi connectivity index (χ0n) is 16.0. The number of likely N-dealkylation sites (tertiary alicyclic amines) is 1. The number of anilines is 1. The van der Waals surface area contributed by atoms with Gasteiger partial charge in [-0.3, -0.25) is 0 Å². The van der Waals surface area contributed by atoms with Gasteiger partial charge in [-0.1, -0.05) is 17.7 Å². The smallest absolute Gasteiger partial charge is 0.410 e. The largest absolute Gasteiger partial charge is 0.486 e. The van der Waals surface area contributed by atoms with Gasteiger partial charge >= 0.3 is 6.09 Å². The highest BCUT2D eigenvalue weighted by atomic mass is 35.5. The van der Waals surface area contributed by atoms with Gasteiger partial charge in [0.15, 0.2) is 4.47 Å². The van der Waals surface area contributed by atoms with E-state index in [-0.39, 0.29) is 17.9 Å². The second-order valence-corrected chi connectivity index (χ2v) is 9.20. The van der Waals surface area contributed by atoms with E-state index in [0.717, 1.165) is 4.88 Å². The number of nitrogens with zero attached hydrogens (tertiary/aromatic N) is 2. The van der Waals surface area contributed by atoms with Gasteiger partial charge in [0.1, 0.15) is 29.0 Å². The number of ether oxygens (including phenoxy) is 2. The molecule has 6 nitrogen and oxygen atoms in total. The fourth-order valence-corrected chi connectivity index (χ4v) is 3.73. The van der Waals surface area contributed by atoms with Crippen LogP contribution in [-0.4, -0.2) is 40.8 Å². The first-order valence-corrected chi connectivity index (χ1v) is 10.2. The van der Waals surface area contributed by atoms with Crippen molar-refractivity contribution in [3.63, 3.8) is 0 Å². The molecule has 1 atom stereocenters. The number of nitrogens with one attached hydrogen (secondary N) is 1. The van der Waals surface area contributed by atoms with Crippen molar-refractivity contribution >= 4 is 34.7 Å². The molecule has 0 spiro atoms. The zero-order valence-corrected chi connectivity index (χ0v) is 17.6. The molecule has 0 radical (unpaired) electrons. The van der Waals surface area contributed by atoms with Crippen molar-refractivity contribution in [1.29, 1.82) is 0 Å². The summed E-state index contributed by atoms with van der Waals surface area (Å²) >= 11 is 7.17. The second-order valence-electron chi connectivity index (χ2n) is 7.50. The minimum atomic E-state index is -0.546. The molecule has 28 heavy (non-hydrogen) atoms. The Balaban J connectivity index is 1.63. The van der Waals surface area contributed by atoms with Crippen LogP contribution < -0.4 is 10.1 Å². The van der Waals surface area contributed by atoms with Crippen LogP contribution in [0, 0.1) is 5.82 Å². The molecule has 1 aromatic heterocycles. The second kappa shape index (κ2) is 8.53. The van der Waals surface area contributed by atoms with Crippen molar-refractivity contribution in [2.45, 2.75) is 45.4 Å². The van der Waals surface area contributed by atoms with Crippen LogP contribution in [0.1, 0.15) is 32.1 Å². The van der Waals surface area contributed by atoms with E-state index in [1.807, 2.05) is 20.8 Å².